The number of anilines is 2. The van der Waals surface area contributed by atoms with Gasteiger partial charge in [-0.25, -0.2) is 4.79 Å². The Labute approximate surface area is 245 Å². The molecular weight excluding hydrogens is 526 g/mol. The van der Waals surface area contributed by atoms with Crippen molar-refractivity contribution in [3.63, 3.8) is 0 Å². The Morgan fingerprint density at radius 3 is 2.18 bits per heavy atom. The van der Waals surface area contributed by atoms with Gasteiger partial charge in [0.15, 0.2) is 0 Å². The third kappa shape index (κ3) is 12.2. The molecule has 2 N–H and O–H groups in total. The molecule has 0 atom stereocenters. The number of thioether (sulfide) groups is 1. The fraction of sp³-hybridized carbons (Fsp3) is 0.531. The van der Waals surface area contributed by atoms with E-state index in [1.54, 1.807) is 30.0 Å². The number of hydrogen-bond acceptors (Lipinski definition) is 4. The maximum atomic E-state index is 12.7. The number of halogens is 1. The fourth-order valence-corrected chi connectivity index (χ4v) is 5.78. The first-order valence-corrected chi connectivity index (χ1v) is 16.1. The van der Waals surface area contributed by atoms with Crippen molar-refractivity contribution in [2.45, 2.75) is 97.4 Å². The van der Waals surface area contributed by atoms with Gasteiger partial charge in [0.2, 0.25) is 0 Å². The van der Waals surface area contributed by atoms with Gasteiger partial charge in [-0.05, 0) is 48.6 Å². The zero-order valence-electron chi connectivity index (χ0n) is 23.8. The largest absolute Gasteiger partial charge is 0.492 e. The minimum atomic E-state index is -0.297. The van der Waals surface area contributed by atoms with Crippen LogP contribution in [0.4, 0.5) is 16.2 Å². The summed E-state index contributed by atoms with van der Waals surface area (Å²) in [6.45, 7) is 5.84. The third-order valence-corrected chi connectivity index (χ3v) is 8.27. The van der Waals surface area contributed by atoms with Crippen LogP contribution in [0.3, 0.4) is 0 Å². The van der Waals surface area contributed by atoms with Gasteiger partial charge in [-0.15, -0.1) is 11.8 Å². The van der Waals surface area contributed by atoms with Crippen molar-refractivity contribution >= 4 is 40.8 Å². The van der Waals surface area contributed by atoms with Crippen molar-refractivity contribution < 1.29 is 9.53 Å². The first kappa shape index (κ1) is 31.2. The summed E-state index contributed by atoms with van der Waals surface area (Å²) < 4.78 is 5.94. The number of carbonyl (C=O) groups is 1. The number of benzene rings is 2. The van der Waals surface area contributed by atoms with E-state index in [4.69, 9.17) is 16.3 Å². The monoisotopic (exact) mass is 571 g/mol. The van der Waals surface area contributed by atoms with Crippen molar-refractivity contribution in [3.8, 4) is 5.75 Å². The van der Waals surface area contributed by atoms with Gasteiger partial charge in [-0.2, -0.15) is 0 Å². The lowest BCUT2D eigenvalue weighted by molar-refractivity contribution is 0.262. The second kappa shape index (κ2) is 18.1. The maximum Gasteiger partial charge on any atom is 0.323 e. The molecule has 1 heterocycles. The van der Waals surface area contributed by atoms with Crippen LogP contribution in [0.1, 0.15) is 96.5 Å². The van der Waals surface area contributed by atoms with Crippen molar-refractivity contribution in [3.05, 3.63) is 64.2 Å². The molecule has 0 saturated heterocycles. The van der Waals surface area contributed by atoms with E-state index >= 15 is 0 Å². The van der Waals surface area contributed by atoms with Crippen LogP contribution >= 0.6 is 23.4 Å². The summed E-state index contributed by atoms with van der Waals surface area (Å²) in [5, 5.41) is 8.56. The number of nitrogens with one attached hydrogen (secondary N) is 2. The second-order valence-electron chi connectivity index (χ2n) is 10.4. The molecule has 39 heavy (non-hydrogen) atoms. The molecule has 5 nitrogen and oxygen atoms in total. The summed E-state index contributed by atoms with van der Waals surface area (Å²) in [4.78, 5) is 15.0. The van der Waals surface area contributed by atoms with Crippen LogP contribution in [-0.2, 0) is 6.54 Å². The number of carbonyl (C=O) groups excluding carboxylic acids is 1. The molecule has 0 spiro atoms. The number of nitrogens with zero attached hydrogens (tertiary/aromatic N) is 1. The van der Waals surface area contributed by atoms with Crippen LogP contribution in [0.5, 0.6) is 5.75 Å². The Morgan fingerprint density at radius 2 is 1.54 bits per heavy atom. The topological polar surface area (TPSA) is 53.6 Å². The Hall–Kier alpha value is -2.31. The standard InChI is InChI=1S/C32H46ClN3O2S/c1-3-4-5-6-7-8-9-10-11-12-13-14-20-38-31-22-29(18-19-30(31)33)35-32(37)34-28-17-15-16-27(21-28)23-36-25-39-24-26(36)2/h15-19,21-22,24H,3-14,20,23,25H2,1-2H3,(H2,34,35,37). The minimum Gasteiger partial charge on any atom is -0.492 e. The summed E-state index contributed by atoms with van der Waals surface area (Å²) in [5.41, 5.74) is 3.84. The van der Waals surface area contributed by atoms with E-state index in [1.165, 1.54) is 76.3 Å². The number of rotatable bonds is 18. The third-order valence-electron chi connectivity index (χ3n) is 6.99. The van der Waals surface area contributed by atoms with Crippen LogP contribution in [0.15, 0.2) is 53.6 Å². The lowest BCUT2D eigenvalue weighted by Gasteiger charge is -2.19. The summed E-state index contributed by atoms with van der Waals surface area (Å²) in [7, 11) is 0. The molecular formula is C32H46ClN3O2S. The highest BCUT2D eigenvalue weighted by Gasteiger charge is 2.12. The number of urea groups is 1. The SMILES string of the molecule is CCCCCCCCCCCCCCOc1cc(NC(=O)Nc2cccc(CN3CSC=C3C)c2)ccc1Cl. The van der Waals surface area contributed by atoms with Crippen molar-refractivity contribution in [1.82, 2.24) is 4.90 Å². The van der Waals surface area contributed by atoms with Gasteiger partial charge in [0.1, 0.15) is 5.75 Å². The molecule has 2 amide bonds. The van der Waals surface area contributed by atoms with Gasteiger partial charge in [0.25, 0.3) is 0 Å². The second-order valence-corrected chi connectivity index (χ2v) is 11.6. The Balaban J connectivity index is 1.32. The lowest BCUT2D eigenvalue weighted by Crippen LogP contribution is -2.20. The van der Waals surface area contributed by atoms with E-state index in [9.17, 15) is 4.79 Å². The molecule has 0 aromatic heterocycles. The number of amides is 2. The van der Waals surface area contributed by atoms with E-state index in [-0.39, 0.29) is 6.03 Å². The quantitative estimate of drug-likeness (QED) is 0.175. The van der Waals surface area contributed by atoms with Gasteiger partial charge in [-0.3, -0.25) is 0 Å². The van der Waals surface area contributed by atoms with Gasteiger partial charge in [-0.1, -0.05) is 101 Å². The highest BCUT2D eigenvalue weighted by molar-refractivity contribution is 8.02. The van der Waals surface area contributed by atoms with Gasteiger partial charge >= 0.3 is 6.03 Å². The van der Waals surface area contributed by atoms with Gasteiger partial charge < -0.3 is 20.3 Å². The number of ether oxygens (including phenoxy) is 1. The average Bonchev–Trinajstić information content (AvgIpc) is 3.32. The van der Waals surface area contributed by atoms with Crippen molar-refractivity contribution in [2.75, 3.05) is 23.1 Å². The molecule has 0 radical (unpaired) electrons. The normalized spacial score (nSPS) is 12.9. The van der Waals surface area contributed by atoms with Crippen LogP contribution in [0.2, 0.25) is 5.02 Å². The highest BCUT2D eigenvalue weighted by atomic mass is 35.5. The van der Waals surface area contributed by atoms with Gasteiger partial charge in [0.05, 0.1) is 17.5 Å². The van der Waals surface area contributed by atoms with Crippen LogP contribution in [-0.4, -0.2) is 23.4 Å². The predicted molar refractivity (Wildman–Crippen MR) is 169 cm³/mol. The molecule has 2 aromatic rings. The van der Waals surface area contributed by atoms with Crippen molar-refractivity contribution in [2.24, 2.45) is 0 Å². The zero-order valence-corrected chi connectivity index (χ0v) is 25.3. The molecule has 3 rings (SSSR count). The molecule has 2 aromatic carbocycles. The molecule has 214 valence electrons. The summed E-state index contributed by atoms with van der Waals surface area (Å²) in [6, 6.07) is 13.0. The van der Waals surface area contributed by atoms with E-state index in [0.29, 0.717) is 23.1 Å². The Bertz CT molecular complexity index is 1050. The molecule has 7 heteroatoms. The maximum absolute atomic E-state index is 12.7. The molecule has 0 unspecified atom stereocenters. The van der Waals surface area contributed by atoms with Crippen LogP contribution in [0, 0.1) is 0 Å². The first-order valence-electron chi connectivity index (χ1n) is 14.7. The minimum absolute atomic E-state index is 0.297. The molecule has 1 aliphatic heterocycles. The van der Waals surface area contributed by atoms with Gasteiger partial charge in [0, 0.05) is 29.7 Å². The van der Waals surface area contributed by atoms with E-state index in [1.807, 2.05) is 18.2 Å². The fourth-order valence-electron chi connectivity index (χ4n) is 4.67. The highest BCUT2D eigenvalue weighted by Crippen LogP contribution is 2.29. The van der Waals surface area contributed by atoms with Crippen molar-refractivity contribution in [1.29, 1.82) is 0 Å². The summed E-state index contributed by atoms with van der Waals surface area (Å²) >= 11 is 8.15. The molecule has 1 aliphatic rings. The zero-order chi connectivity index (χ0) is 27.7. The van der Waals surface area contributed by atoms with E-state index in [2.05, 4.69) is 40.9 Å². The van der Waals surface area contributed by atoms with Crippen LogP contribution < -0.4 is 15.4 Å². The molecule has 0 fully saturated rings. The molecule has 0 saturated carbocycles. The van der Waals surface area contributed by atoms with E-state index < -0.39 is 0 Å². The predicted octanol–water partition coefficient (Wildman–Crippen LogP) is 10.4. The summed E-state index contributed by atoms with van der Waals surface area (Å²) in [6.07, 6.45) is 15.7. The Morgan fingerprint density at radius 1 is 0.897 bits per heavy atom. The average molecular weight is 572 g/mol. The summed E-state index contributed by atoms with van der Waals surface area (Å²) in [5.74, 6) is 1.57. The smallest absolute Gasteiger partial charge is 0.323 e. The first-order chi connectivity index (χ1) is 19.0. The molecule has 0 bridgehead atoms. The number of unbranched alkanes of at least 4 members (excludes halogenated alkanes) is 11. The Kier molecular flexibility index (Phi) is 14.5. The van der Waals surface area contributed by atoms with Crippen LogP contribution in [0.25, 0.3) is 0 Å². The lowest BCUT2D eigenvalue weighted by atomic mass is 10.1. The molecule has 0 aliphatic carbocycles. The van der Waals surface area contributed by atoms with E-state index in [0.717, 1.165) is 30.1 Å². The number of hydrogen-bond donors (Lipinski definition) is 2. The number of allylic oxidation sites excluding steroid dienone is 1.